The van der Waals surface area contributed by atoms with Gasteiger partial charge in [-0.3, -0.25) is 4.90 Å². The zero-order chi connectivity index (χ0) is 16.3. The number of hydrogen-bond donors (Lipinski definition) is 0. The molecule has 5 heteroatoms. The Bertz CT molecular complexity index is 479. The third-order valence-electron chi connectivity index (χ3n) is 4.10. The number of likely N-dealkylation sites (tertiary alicyclic amines) is 1. The number of hydrogen-bond acceptors (Lipinski definition) is 4. The van der Waals surface area contributed by atoms with Crippen LogP contribution < -0.4 is 0 Å². The van der Waals surface area contributed by atoms with Crippen molar-refractivity contribution < 1.29 is 13.9 Å². The molecular weight excluding hydrogens is 280 g/mol. The minimum Gasteiger partial charge on any atom is -0.468 e. The van der Waals surface area contributed by atoms with E-state index in [1.165, 1.54) is 0 Å². The first-order valence-electron chi connectivity index (χ1n) is 7.98. The summed E-state index contributed by atoms with van der Waals surface area (Å²) in [6.07, 6.45) is 2.53. The lowest BCUT2D eigenvalue weighted by Crippen LogP contribution is -2.36. The number of rotatable bonds is 4. The number of nitrogens with zero attached hydrogens (tertiary/aromatic N) is 2. The number of carbonyl (C=O) groups is 1. The van der Waals surface area contributed by atoms with Gasteiger partial charge in [0.05, 0.1) is 12.3 Å². The summed E-state index contributed by atoms with van der Waals surface area (Å²) in [5, 5.41) is 0. The second-order valence-corrected chi connectivity index (χ2v) is 7.21. The van der Waals surface area contributed by atoms with Crippen LogP contribution in [-0.4, -0.2) is 48.2 Å². The molecule has 0 aliphatic carbocycles. The van der Waals surface area contributed by atoms with Crippen molar-refractivity contribution >= 4 is 6.09 Å². The van der Waals surface area contributed by atoms with Crippen LogP contribution in [0.4, 0.5) is 4.79 Å². The fraction of sp³-hybridized carbons (Fsp3) is 0.706. The molecule has 2 atom stereocenters. The Hall–Kier alpha value is -1.49. The standard InChI is InChI=1S/C17H28N2O3/c1-13(15-7-6-10-21-15)18(5)11-14-8-9-19(12-14)16(20)22-17(2,3)4/h6-7,10,13-14H,8-9,11-12H2,1-5H3. The maximum absolute atomic E-state index is 12.1. The number of ether oxygens (including phenoxy) is 1. The third kappa shape index (κ3) is 4.50. The molecule has 1 fully saturated rings. The van der Waals surface area contributed by atoms with Gasteiger partial charge in [0.2, 0.25) is 0 Å². The van der Waals surface area contributed by atoms with Gasteiger partial charge in [-0.15, -0.1) is 0 Å². The van der Waals surface area contributed by atoms with Crippen LogP contribution in [0.15, 0.2) is 22.8 Å². The van der Waals surface area contributed by atoms with Crippen LogP contribution in [0.25, 0.3) is 0 Å². The Kier molecular flexibility index (Phi) is 5.16. The van der Waals surface area contributed by atoms with E-state index in [0.717, 1.165) is 31.8 Å². The van der Waals surface area contributed by atoms with E-state index in [4.69, 9.17) is 9.15 Å². The molecule has 0 bridgehead atoms. The molecule has 1 aliphatic rings. The predicted molar refractivity (Wildman–Crippen MR) is 85.7 cm³/mol. The summed E-state index contributed by atoms with van der Waals surface area (Å²) in [5.74, 6) is 1.46. The van der Waals surface area contributed by atoms with Crippen molar-refractivity contribution in [3.8, 4) is 0 Å². The van der Waals surface area contributed by atoms with Gasteiger partial charge in [-0.1, -0.05) is 0 Å². The summed E-state index contributed by atoms with van der Waals surface area (Å²) < 4.78 is 10.9. The number of furan rings is 1. The van der Waals surface area contributed by atoms with Crippen molar-refractivity contribution in [1.29, 1.82) is 0 Å². The molecule has 1 aromatic heterocycles. The van der Waals surface area contributed by atoms with Crippen molar-refractivity contribution in [1.82, 2.24) is 9.80 Å². The van der Waals surface area contributed by atoms with E-state index < -0.39 is 5.60 Å². The van der Waals surface area contributed by atoms with Crippen molar-refractivity contribution in [3.05, 3.63) is 24.2 Å². The van der Waals surface area contributed by atoms with Crippen LogP contribution in [0.1, 0.15) is 45.9 Å². The number of amides is 1. The average Bonchev–Trinajstić information content (AvgIpc) is 3.06. The van der Waals surface area contributed by atoms with E-state index in [0.29, 0.717) is 5.92 Å². The topological polar surface area (TPSA) is 45.9 Å². The van der Waals surface area contributed by atoms with Crippen LogP contribution in [0.3, 0.4) is 0 Å². The molecule has 2 unspecified atom stereocenters. The van der Waals surface area contributed by atoms with Gasteiger partial charge in [-0.2, -0.15) is 0 Å². The van der Waals surface area contributed by atoms with Crippen LogP contribution in [-0.2, 0) is 4.74 Å². The van der Waals surface area contributed by atoms with E-state index in [1.54, 1.807) is 6.26 Å². The first kappa shape index (κ1) is 16.9. The highest BCUT2D eigenvalue weighted by atomic mass is 16.6. The molecule has 22 heavy (non-hydrogen) atoms. The molecule has 1 saturated heterocycles. The zero-order valence-electron chi connectivity index (χ0n) is 14.3. The molecule has 0 spiro atoms. The molecule has 124 valence electrons. The highest BCUT2D eigenvalue weighted by Gasteiger charge is 2.31. The van der Waals surface area contributed by atoms with Crippen molar-refractivity contribution in [2.45, 2.75) is 45.8 Å². The Morgan fingerprint density at radius 3 is 2.86 bits per heavy atom. The van der Waals surface area contributed by atoms with Crippen LogP contribution in [0.5, 0.6) is 0 Å². The summed E-state index contributed by atoms with van der Waals surface area (Å²) in [6, 6.07) is 4.16. The van der Waals surface area contributed by atoms with Gasteiger partial charge in [-0.25, -0.2) is 4.79 Å². The summed E-state index contributed by atoms with van der Waals surface area (Å²) in [6.45, 7) is 10.3. The Labute approximate surface area is 133 Å². The fourth-order valence-electron chi connectivity index (χ4n) is 2.79. The van der Waals surface area contributed by atoms with Crippen molar-refractivity contribution in [3.63, 3.8) is 0 Å². The smallest absolute Gasteiger partial charge is 0.410 e. The summed E-state index contributed by atoms with van der Waals surface area (Å²) in [4.78, 5) is 16.2. The predicted octanol–water partition coefficient (Wildman–Crippen LogP) is 3.53. The largest absolute Gasteiger partial charge is 0.468 e. The second-order valence-electron chi connectivity index (χ2n) is 7.21. The molecule has 5 nitrogen and oxygen atoms in total. The molecule has 2 heterocycles. The summed E-state index contributed by atoms with van der Waals surface area (Å²) in [5.41, 5.74) is -0.431. The Morgan fingerprint density at radius 2 is 2.27 bits per heavy atom. The molecule has 0 aromatic carbocycles. The molecule has 0 saturated carbocycles. The van der Waals surface area contributed by atoms with Crippen LogP contribution in [0, 0.1) is 5.92 Å². The molecule has 1 aromatic rings. The van der Waals surface area contributed by atoms with Crippen LogP contribution >= 0.6 is 0 Å². The second kappa shape index (κ2) is 6.73. The molecule has 2 rings (SSSR count). The van der Waals surface area contributed by atoms with E-state index in [1.807, 2.05) is 37.8 Å². The summed E-state index contributed by atoms with van der Waals surface area (Å²) in [7, 11) is 2.10. The van der Waals surface area contributed by atoms with Gasteiger partial charge in [-0.05, 0) is 59.2 Å². The van der Waals surface area contributed by atoms with Gasteiger partial charge < -0.3 is 14.1 Å². The van der Waals surface area contributed by atoms with Crippen molar-refractivity contribution in [2.75, 3.05) is 26.7 Å². The molecule has 0 radical (unpaired) electrons. The average molecular weight is 308 g/mol. The lowest BCUT2D eigenvalue weighted by Gasteiger charge is -2.27. The first-order chi connectivity index (χ1) is 10.3. The molecule has 1 aliphatic heterocycles. The highest BCUT2D eigenvalue weighted by molar-refractivity contribution is 5.68. The minimum absolute atomic E-state index is 0.197. The lowest BCUT2D eigenvalue weighted by atomic mass is 10.1. The Morgan fingerprint density at radius 1 is 1.55 bits per heavy atom. The molecular formula is C17H28N2O3. The lowest BCUT2D eigenvalue weighted by molar-refractivity contribution is 0.0284. The normalized spacial score (nSPS) is 20.5. The van der Waals surface area contributed by atoms with E-state index in [-0.39, 0.29) is 12.1 Å². The van der Waals surface area contributed by atoms with Gasteiger partial charge in [0.1, 0.15) is 11.4 Å². The van der Waals surface area contributed by atoms with Gasteiger partial charge >= 0.3 is 6.09 Å². The molecule has 0 N–H and O–H groups in total. The third-order valence-corrected chi connectivity index (χ3v) is 4.10. The summed E-state index contributed by atoms with van der Waals surface area (Å²) >= 11 is 0. The quantitative estimate of drug-likeness (QED) is 0.853. The Balaban J connectivity index is 1.82. The maximum Gasteiger partial charge on any atom is 0.410 e. The monoisotopic (exact) mass is 308 g/mol. The SMILES string of the molecule is CC(c1ccco1)N(C)CC1CCN(C(=O)OC(C)(C)C)C1. The molecule has 1 amide bonds. The first-order valence-corrected chi connectivity index (χ1v) is 7.98. The highest BCUT2D eigenvalue weighted by Crippen LogP contribution is 2.24. The zero-order valence-corrected chi connectivity index (χ0v) is 14.3. The maximum atomic E-state index is 12.1. The van der Waals surface area contributed by atoms with E-state index in [9.17, 15) is 4.79 Å². The fourth-order valence-corrected chi connectivity index (χ4v) is 2.79. The van der Waals surface area contributed by atoms with Gasteiger partial charge in [0.15, 0.2) is 0 Å². The minimum atomic E-state index is -0.431. The number of carbonyl (C=O) groups excluding carboxylic acids is 1. The van der Waals surface area contributed by atoms with Crippen molar-refractivity contribution in [2.24, 2.45) is 5.92 Å². The van der Waals surface area contributed by atoms with Crippen LogP contribution in [0.2, 0.25) is 0 Å². The van der Waals surface area contributed by atoms with Gasteiger partial charge in [0.25, 0.3) is 0 Å². The van der Waals surface area contributed by atoms with E-state index >= 15 is 0 Å². The van der Waals surface area contributed by atoms with E-state index in [2.05, 4.69) is 18.9 Å². The van der Waals surface area contributed by atoms with Gasteiger partial charge in [0, 0.05) is 19.6 Å².